The van der Waals surface area contributed by atoms with Crippen molar-refractivity contribution >= 4 is 22.0 Å². The topological polar surface area (TPSA) is 55.2 Å². The summed E-state index contributed by atoms with van der Waals surface area (Å²) in [7, 11) is 0. The van der Waals surface area contributed by atoms with Crippen LogP contribution < -0.4 is 5.32 Å². The molecule has 0 atom stereocenters. The molecule has 2 rings (SSSR count). The van der Waals surface area contributed by atoms with Gasteiger partial charge >= 0.3 is 5.00 Å². The summed E-state index contributed by atoms with van der Waals surface area (Å²) < 4.78 is 13.1. The highest BCUT2D eigenvalue weighted by molar-refractivity contribution is 7.15. The number of nitrogens with one attached hydrogen (secondary N) is 1. The maximum atomic E-state index is 13.1. The van der Waals surface area contributed by atoms with Crippen LogP contribution >= 0.6 is 11.3 Å². The van der Waals surface area contributed by atoms with Gasteiger partial charge in [-0.1, -0.05) is 11.3 Å². The number of nitro groups is 1. The predicted octanol–water partition coefficient (Wildman–Crippen LogP) is 3.72. The number of hydrogen-bond acceptors (Lipinski definition) is 4. The van der Waals surface area contributed by atoms with Gasteiger partial charge in [0.05, 0.1) is 4.92 Å². The molecule has 0 amide bonds. The van der Waals surface area contributed by atoms with Gasteiger partial charge in [-0.2, -0.15) is 0 Å². The van der Waals surface area contributed by atoms with Crippen molar-refractivity contribution in [3.63, 3.8) is 0 Å². The van der Waals surface area contributed by atoms with Gasteiger partial charge in [0.15, 0.2) is 0 Å². The van der Waals surface area contributed by atoms with Crippen LogP contribution in [0.5, 0.6) is 0 Å². The van der Waals surface area contributed by atoms with Gasteiger partial charge in [0.1, 0.15) is 5.82 Å². The average Bonchev–Trinajstić information content (AvgIpc) is 2.79. The van der Waals surface area contributed by atoms with Crippen LogP contribution in [-0.2, 0) is 6.54 Å². The molecule has 1 aromatic heterocycles. The smallest absolute Gasteiger partial charge is 0.324 e. The molecule has 94 valence electrons. The van der Waals surface area contributed by atoms with Crippen LogP contribution in [0, 0.1) is 22.9 Å². The summed E-state index contributed by atoms with van der Waals surface area (Å²) in [5.41, 5.74) is 1.36. The summed E-state index contributed by atoms with van der Waals surface area (Å²) in [4.78, 5) is 11.0. The van der Waals surface area contributed by atoms with E-state index in [1.54, 1.807) is 25.1 Å². The zero-order valence-electron chi connectivity index (χ0n) is 9.64. The molecule has 0 saturated heterocycles. The first-order valence-corrected chi connectivity index (χ1v) is 6.11. The Morgan fingerprint density at radius 3 is 2.78 bits per heavy atom. The van der Waals surface area contributed by atoms with E-state index in [-0.39, 0.29) is 10.8 Å². The third-order valence-corrected chi connectivity index (χ3v) is 3.49. The first kappa shape index (κ1) is 12.5. The second-order valence-electron chi connectivity index (χ2n) is 3.81. The molecule has 0 saturated carbocycles. The standard InChI is InChI=1S/C12H11FN2O2S/c1-8-6-9(2-4-11(8)13)14-7-10-3-5-12(18-10)15(16)17/h2-6,14H,7H2,1H3. The lowest BCUT2D eigenvalue weighted by molar-refractivity contribution is -0.380. The highest BCUT2D eigenvalue weighted by Gasteiger charge is 2.09. The molecular formula is C12H11FN2O2S. The van der Waals surface area contributed by atoms with E-state index in [9.17, 15) is 14.5 Å². The Balaban J connectivity index is 2.02. The van der Waals surface area contributed by atoms with Crippen LogP contribution in [0.2, 0.25) is 0 Å². The van der Waals surface area contributed by atoms with E-state index in [1.165, 1.54) is 12.1 Å². The quantitative estimate of drug-likeness (QED) is 0.678. The average molecular weight is 266 g/mol. The summed E-state index contributed by atoms with van der Waals surface area (Å²) in [6.45, 7) is 2.18. The fourth-order valence-corrected chi connectivity index (χ4v) is 2.26. The molecule has 1 aromatic carbocycles. The number of rotatable bonds is 4. The number of benzene rings is 1. The maximum absolute atomic E-state index is 13.1. The number of hydrogen-bond donors (Lipinski definition) is 1. The molecule has 0 aliphatic carbocycles. The summed E-state index contributed by atoms with van der Waals surface area (Å²) in [6.07, 6.45) is 0. The molecular weight excluding hydrogens is 255 g/mol. The zero-order chi connectivity index (χ0) is 13.1. The molecule has 0 aliphatic rings. The molecule has 2 aromatic rings. The van der Waals surface area contributed by atoms with Crippen LogP contribution in [0.15, 0.2) is 30.3 Å². The van der Waals surface area contributed by atoms with Crippen molar-refractivity contribution in [2.75, 3.05) is 5.32 Å². The highest BCUT2D eigenvalue weighted by Crippen LogP contribution is 2.24. The van der Waals surface area contributed by atoms with E-state index in [2.05, 4.69) is 5.32 Å². The summed E-state index contributed by atoms with van der Waals surface area (Å²) in [5, 5.41) is 13.8. The van der Waals surface area contributed by atoms with Crippen LogP contribution in [-0.4, -0.2) is 4.92 Å². The molecule has 0 radical (unpaired) electrons. The van der Waals surface area contributed by atoms with Gasteiger partial charge in [0.2, 0.25) is 0 Å². The van der Waals surface area contributed by atoms with Gasteiger partial charge in [-0.15, -0.1) is 0 Å². The molecule has 0 bridgehead atoms. The normalized spacial score (nSPS) is 10.3. The van der Waals surface area contributed by atoms with E-state index in [4.69, 9.17) is 0 Å². The van der Waals surface area contributed by atoms with Gasteiger partial charge in [0.25, 0.3) is 0 Å². The fraction of sp³-hybridized carbons (Fsp3) is 0.167. The second-order valence-corrected chi connectivity index (χ2v) is 4.96. The monoisotopic (exact) mass is 266 g/mol. The van der Waals surface area contributed by atoms with E-state index in [1.807, 2.05) is 0 Å². The Bertz CT molecular complexity index is 583. The SMILES string of the molecule is Cc1cc(NCc2ccc([N+](=O)[O-])s2)ccc1F. The number of halogens is 1. The summed E-state index contributed by atoms with van der Waals surface area (Å²) in [6, 6.07) is 7.94. The second kappa shape index (κ2) is 5.14. The number of nitrogens with zero attached hydrogens (tertiary/aromatic N) is 1. The Morgan fingerprint density at radius 1 is 1.39 bits per heavy atom. The largest absolute Gasteiger partial charge is 0.380 e. The minimum atomic E-state index is -0.407. The van der Waals surface area contributed by atoms with Gasteiger partial charge in [-0.05, 0) is 36.8 Å². The lowest BCUT2D eigenvalue weighted by Gasteiger charge is -2.05. The maximum Gasteiger partial charge on any atom is 0.324 e. The molecule has 1 N–H and O–H groups in total. The van der Waals surface area contributed by atoms with Crippen LogP contribution in [0.1, 0.15) is 10.4 Å². The molecule has 0 fully saturated rings. The molecule has 0 unspecified atom stereocenters. The summed E-state index contributed by atoms with van der Waals surface area (Å²) >= 11 is 1.13. The molecule has 18 heavy (non-hydrogen) atoms. The molecule has 0 aliphatic heterocycles. The van der Waals surface area contributed by atoms with E-state index in [0.29, 0.717) is 12.1 Å². The first-order chi connectivity index (χ1) is 8.56. The van der Waals surface area contributed by atoms with E-state index >= 15 is 0 Å². The van der Waals surface area contributed by atoms with E-state index in [0.717, 1.165) is 21.9 Å². The predicted molar refractivity (Wildman–Crippen MR) is 69.4 cm³/mol. The summed E-state index contributed by atoms with van der Waals surface area (Å²) in [5.74, 6) is -0.243. The Kier molecular flexibility index (Phi) is 3.57. The Hall–Kier alpha value is -1.95. The Labute approximate surface area is 107 Å². The fourth-order valence-electron chi connectivity index (χ4n) is 1.50. The minimum Gasteiger partial charge on any atom is -0.380 e. The lowest BCUT2D eigenvalue weighted by atomic mass is 10.2. The van der Waals surface area contributed by atoms with Crippen LogP contribution in [0.3, 0.4) is 0 Å². The molecule has 1 heterocycles. The van der Waals surface area contributed by atoms with Crippen molar-refractivity contribution in [1.82, 2.24) is 0 Å². The third-order valence-electron chi connectivity index (χ3n) is 2.45. The third kappa shape index (κ3) is 2.84. The first-order valence-electron chi connectivity index (χ1n) is 5.29. The Morgan fingerprint density at radius 2 is 2.17 bits per heavy atom. The van der Waals surface area contributed by atoms with Crippen molar-refractivity contribution in [3.05, 3.63) is 56.7 Å². The van der Waals surface area contributed by atoms with Gasteiger partial charge in [-0.3, -0.25) is 10.1 Å². The van der Waals surface area contributed by atoms with Crippen LogP contribution in [0.4, 0.5) is 15.1 Å². The lowest BCUT2D eigenvalue weighted by Crippen LogP contribution is -1.98. The number of thiophene rings is 1. The van der Waals surface area contributed by atoms with Crippen molar-refractivity contribution in [3.8, 4) is 0 Å². The van der Waals surface area contributed by atoms with Crippen molar-refractivity contribution in [2.45, 2.75) is 13.5 Å². The number of aryl methyl sites for hydroxylation is 1. The van der Waals surface area contributed by atoms with Gasteiger partial charge < -0.3 is 5.32 Å². The number of anilines is 1. The van der Waals surface area contributed by atoms with Gasteiger partial charge in [-0.25, -0.2) is 4.39 Å². The van der Waals surface area contributed by atoms with Crippen molar-refractivity contribution in [2.24, 2.45) is 0 Å². The zero-order valence-corrected chi connectivity index (χ0v) is 10.5. The van der Waals surface area contributed by atoms with Crippen molar-refractivity contribution in [1.29, 1.82) is 0 Å². The molecule has 0 spiro atoms. The van der Waals surface area contributed by atoms with Crippen molar-refractivity contribution < 1.29 is 9.31 Å². The van der Waals surface area contributed by atoms with Crippen LogP contribution in [0.25, 0.3) is 0 Å². The van der Waals surface area contributed by atoms with Gasteiger partial charge in [0, 0.05) is 23.2 Å². The van der Waals surface area contributed by atoms with E-state index < -0.39 is 4.92 Å². The highest BCUT2D eigenvalue weighted by atomic mass is 32.1. The molecule has 4 nitrogen and oxygen atoms in total. The minimum absolute atomic E-state index is 0.127. The molecule has 6 heteroatoms.